The smallest absolute Gasteiger partial charge is 0.255 e. The summed E-state index contributed by atoms with van der Waals surface area (Å²) in [5.74, 6) is 2.35. The van der Waals surface area contributed by atoms with Gasteiger partial charge in [0.2, 0.25) is 0 Å². The van der Waals surface area contributed by atoms with Crippen molar-refractivity contribution in [3.8, 4) is 5.75 Å². The zero-order valence-corrected chi connectivity index (χ0v) is 18.8. The van der Waals surface area contributed by atoms with Crippen LogP contribution in [0.15, 0.2) is 35.6 Å². The number of carbonyl (C=O) groups is 1. The molecule has 0 aliphatic carbocycles. The van der Waals surface area contributed by atoms with Crippen LogP contribution in [0, 0.1) is 0 Å². The third-order valence-electron chi connectivity index (χ3n) is 5.26. The lowest BCUT2D eigenvalue weighted by Gasteiger charge is -2.18. The highest BCUT2D eigenvalue weighted by molar-refractivity contribution is 7.99. The van der Waals surface area contributed by atoms with E-state index < -0.39 is 0 Å². The SMILES string of the molecule is CCCSc1nc(N2CCCC2)c2cnn(CCNC(=O)c3ccccc3OC)c2n1. The van der Waals surface area contributed by atoms with Crippen LogP contribution in [-0.2, 0) is 6.54 Å². The molecule has 1 amide bonds. The summed E-state index contributed by atoms with van der Waals surface area (Å²) in [7, 11) is 1.56. The molecule has 1 aliphatic heterocycles. The molecule has 1 saturated heterocycles. The van der Waals surface area contributed by atoms with E-state index in [1.807, 2.05) is 23.0 Å². The molecular weight excluding hydrogens is 412 g/mol. The molecule has 0 saturated carbocycles. The van der Waals surface area contributed by atoms with Crippen LogP contribution in [0.25, 0.3) is 11.0 Å². The van der Waals surface area contributed by atoms with E-state index in [1.165, 1.54) is 12.8 Å². The number of hydrogen-bond donors (Lipinski definition) is 1. The van der Waals surface area contributed by atoms with E-state index in [-0.39, 0.29) is 5.91 Å². The fraction of sp³-hybridized carbons (Fsp3) is 0.455. The van der Waals surface area contributed by atoms with E-state index in [9.17, 15) is 4.79 Å². The lowest BCUT2D eigenvalue weighted by atomic mass is 10.2. The minimum absolute atomic E-state index is 0.166. The average molecular weight is 441 g/mol. The van der Waals surface area contributed by atoms with Crippen LogP contribution in [0.2, 0.25) is 0 Å². The second-order valence-electron chi connectivity index (χ2n) is 7.43. The van der Waals surface area contributed by atoms with Crippen molar-refractivity contribution in [3.05, 3.63) is 36.0 Å². The largest absolute Gasteiger partial charge is 0.496 e. The van der Waals surface area contributed by atoms with E-state index in [1.54, 1.807) is 31.0 Å². The Kier molecular flexibility index (Phi) is 6.91. The monoisotopic (exact) mass is 440 g/mol. The lowest BCUT2D eigenvalue weighted by Crippen LogP contribution is -2.28. The normalized spacial score (nSPS) is 13.7. The van der Waals surface area contributed by atoms with Crippen LogP contribution in [0.1, 0.15) is 36.5 Å². The number of para-hydroxylation sites is 1. The lowest BCUT2D eigenvalue weighted by molar-refractivity contribution is 0.0949. The first-order chi connectivity index (χ1) is 15.2. The molecule has 4 rings (SSSR count). The Morgan fingerprint density at radius 3 is 2.81 bits per heavy atom. The molecule has 31 heavy (non-hydrogen) atoms. The van der Waals surface area contributed by atoms with Crippen LogP contribution in [0.4, 0.5) is 5.82 Å². The number of fused-ring (bicyclic) bond motifs is 1. The molecule has 0 radical (unpaired) electrons. The van der Waals surface area contributed by atoms with Crippen molar-refractivity contribution in [1.29, 1.82) is 0 Å². The molecule has 164 valence electrons. The molecular formula is C22H28N6O2S. The van der Waals surface area contributed by atoms with Gasteiger partial charge in [-0.15, -0.1) is 0 Å². The van der Waals surface area contributed by atoms with E-state index >= 15 is 0 Å². The molecule has 3 aromatic rings. The molecule has 0 unspecified atom stereocenters. The first kappa shape index (κ1) is 21.4. The zero-order chi connectivity index (χ0) is 21.6. The third kappa shape index (κ3) is 4.76. The number of ether oxygens (including phenoxy) is 1. The number of carbonyl (C=O) groups excluding carboxylic acids is 1. The van der Waals surface area contributed by atoms with Gasteiger partial charge in [0, 0.05) is 25.4 Å². The van der Waals surface area contributed by atoms with Gasteiger partial charge in [-0.1, -0.05) is 30.8 Å². The maximum atomic E-state index is 12.6. The van der Waals surface area contributed by atoms with Crippen molar-refractivity contribution < 1.29 is 9.53 Å². The minimum atomic E-state index is -0.166. The number of methoxy groups -OCH3 is 1. The molecule has 0 atom stereocenters. The van der Waals surface area contributed by atoms with Crippen LogP contribution in [0.3, 0.4) is 0 Å². The Labute approximate surface area is 186 Å². The molecule has 0 bridgehead atoms. The first-order valence-electron chi connectivity index (χ1n) is 10.7. The zero-order valence-electron chi connectivity index (χ0n) is 18.0. The van der Waals surface area contributed by atoms with Crippen LogP contribution in [0.5, 0.6) is 5.75 Å². The van der Waals surface area contributed by atoms with E-state index in [2.05, 4.69) is 22.2 Å². The van der Waals surface area contributed by atoms with E-state index in [0.29, 0.717) is 24.4 Å². The number of benzene rings is 1. The molecule has 1 fully saturated rings. The average Bonchev–Trinajstić information content (AvgIpc) is 3.47. The Balaban J connectivity index is 1.52. The fourth-order valence-electron chi connectivity index (χ4n) is 3.72. The predicted octanol–water partition coefficient (Wildman–Crippen LogP) is 3.37. The molecule has 1 aliphatic rings. The molecule has 3 heterocycles. The van der Waals surface area contributed by atoms with E-state index in [4.69, 9.17) is 14.7 Å². The number of hydrogen-bond acceptors (Lipinski definition) is 7. The summed E-state index contributed by atoms with van der Waals surface area (Å²) < 4.78 is 7.14. The summed E-state index contributed by atoms with van der Waals surface area (Å²) in [5.41, 5.74) is 1.34. The number of aromatic nitrogens is 4. The molecule has 2 aromatic heterocycles. The Morgan fingerprint density at radius 2 is 2.03 bits per heavy atom. The quantitative estimate of drug-likeness (QED) is 0.403. The number of nitrogens with zero attached hydrogens (tertiary/aromatic N) is 5. The van der Waals surface area contributed by atoms with E-state index in [0.717, 1.165) is 47.3 Å². The summed E-state index contributed by atoms with van der Waals surface area (Å²) in [6.45, 7) is 5.16. The fourth-order valence-corrected chi connectivity index (χ4v) is 4.40. The third-order valence-corrected chi connectivity index (χ3v) is 6.31. The van der Waals surface area contributed by atoms with Crippen LogP contribution < -0.4 is 15.0 Å². The summed E-state index contributed by atoms with van der Waals surface area (Å²) in [6.07, 6.45) is 5.29. The van der Waals surface area contributed by atoms with Crippen molar-refractivity contribution in [1.82, 2.24) is 25.1 Å². The highest BCUT2D eigenvalue weighted by atomic mass is 32.2. The Bertz CT molecular complexity index is 1050. The van der Waals surface area contributed by atoms with Crippen molar-refractivity contribution in [2.75, 3.05) is 37.4 Å². The minimum Gasteiger partial charge on any atom is -0.496 e. The molecule has 9 heteroatoms. The van der Waals surface area contributed by atoms with Gasteiger partial charge in [-0.25, -0.2) is 14.6 Å². The van der Waals surface area contributed by atoms with Gasteiger partial charge >= 0.3 is 0 Å². The molecule has 1 N–H and O–H groups in total. The number of thioether (sulfide) groups is 1. The van der Waals surface area contributed by atoms with Gasteiger partial charge in [0.1, 0.15) is 11.6 Å². The van der Waals surface area contributed by atoms with Crippen molar-refractivity contribution in [2.24, 2.45) is 0 Å². The van der Waals surface area contributed by atoms with Gasteiger partial charge < -0.3 is 15.0 Å². The Morgan fingerprint density at radius 1 is 1.23 bits per heavy atom. The number of anilines is 1. The van der Waals surface area contributed by atoms with Gasteiger partial charge in [0.05, 0.1) is 30.8 Å². The second kappa shape index (κ2) is 10.00. The summed E-state index contributed by atoms with van der Waals surface area (Å²) in [5, 5.41) is 9.27. The number of amides is 1. The standard InChI is InChI=1S/C22H28N6O2S/c1-3-14-31-22-25-19(27-11-6-7-12-27)17-15-24-28(20(17)26-22)13-10-23-21(29)16-8-4-5-9-18(16)30-2/h4-5,8-9,15H,3,6-7,10-14H2,1-2H3,(H,23,29). The van der Waals surface area contributed by atoms with Gasteiger partial charge in [-0.3, -0.25) is 4.79 Å². The topological polar surface area (TPSA) is 85.2 Å². The molecule has 1 aromatic carbocycles. The van der Waals surface area contributed by atoms with Crippen molar-refractivity contribution >= 4 is 34.5 Å². The predicted molar refractivity (Wildman–Crippen MR) is 123 cm³/mol. The van der Waals surface area contributed by atoms with Gasteiger partial charge in [-0.2, -0.15) is 5.10 Å². The van der Waals surface area contributed by atoms with Gasteiger partial charge in [-0.05, 0) is 31.4 Å². The highest BCUT2D eigenvalue weighted by Gasteiger charge is 2.21. The summed E-state index contributed by atoms with van der Waals surface area (Å²) >= 11 is 1.68. The summed E-state index contributed by atoms with van der Waals surface area (Å²) in [6, 6.07) is 7.20. The number of rotatable bonds is 9. The summed E-state index contributed by atoms with van der Waals surface area (Å²) in [4.78, 5) is 24.5. The van der Waals surface area contributed by atoms with Gasteiger partial charge in [0.25, 0.3) is 5.91 Å². The molecule has 8 nitrogen and oxygen atoms in total. The maximum Gasteiger partial charge on any atom is 0.255 e. The van der Waals surface area contributed by atoms with Crippen LogP contribution >= 0.6 is 11.8 Å². The Hall–Kier alpha value is -2.81. The molecule has 0 spiro atoms. The van der Waals surface area contributed by atoms with Crippen molar-refractivity contribution in [3.63, 3.8) is 0 Å². The van der Waals surface area contributed by atoms with Crippen molar-refractivity contribution in [2.45, 2.75) is 37.9 Å². The first-order valence-corrected chi connectivity index (χ1v) is 11.7. The second-order valence-corrected chi connectivity index (χ2v) is 8.50. The van der Waals surface area contributed by atoms with Gasteiger partial charge in [0.15, 0.2) is 10.8 Å². The van der Waals surface area contributed by atoms with Crippen LogP contribution in [-0.4, -0.2) is 58.2 Å². The highest BCUT2D eigenvalue weighted by Crippen LogP contribution is 2.29. The maximum absolute atomic E-state index is 12.6. The number of nitrogens with one attached hydrogen (secondary N) is 1.